The summed E-state index contributed by atoms with van der Waals surface area (Å²) in [5.74, 6) is 0. The average molecular weight is 227 g/mol. The molecule has 1 aromatic carbocycles. The van der Waals surface area contributed by atoms with Crippen molar-refractivity contribution in [2.75, 3.05) is 24.5 Å². The zero-order valence-corrected chi connectivity index (χ0v) is 10.1. The Morgan fingerprint density at radius 3 is 3.18 bits per heavy atom. The molecule has 0 aliphatic carbocycles. The molecule has 1 fully saturated rings. The minimum Gasteiger partial charge on any atom is -0.366 e. The van der Waals surface area contributed by atoms with Gasteiger partial charge in [-0.1, -0.05) is 12.1 Å². The summed E-state index contributed by atoms with van der Waals surface area (Å²) in [4.78, 5) is 6.87. The number of pyridine rings is 1. The number of fused-ring (bicyclic) bond motifs is 1. The molecule has 2 aromatic rings. The van der Waals surface area contributed by atoms with Crippen molar-refractivity contribution in [3.8, 4) is 0 Å². The molecule has 1 aliphatic heterocycles. The fourth-order valence-electron chi connectivity index (χ4n) is 2.46. The van der Waals surface area contributed by atoms with Crippen LogP contribution < -0.4 is 10.2 Å². The lowest BCUT2D eigenvalue weighted by atomic mass is 10.1. The van der Waals surface area contributed by atoms with Crippen molar-refractivity contribution in [3.63, 3.8) is 0 Å². The second-order valence-electron chi connectivity index (χ2n) is 4.63. The van der Waals surface area contributed by atoms with Crippen LogP contribution in [0.2, 0.25) is 0 Å². The lowest BCUT2D eigenvalue weighted by Crippen LogP contribution is -2.49. The van der Waals surface area contributed by atoms with Crippen molar-refractivity contribution in [2.45, 2.75) is 13.0 Å². The number of benzene rings is 1. The SMILES string of the molecule is CC1CNCCN1c1ccc2cccnc2c1. The Morgan fingerprint density at radius 1 is 1.35 bits per heavy atom. The van der Waals surface area contributed by atoms with Crippen LogP contribution >= 0.6 is 0 Å². The molecule has 0 amide bonds. The van der Waals surface area contributed by atoms with Crippen LogP contribution in [0.25, 0.3) is 10.9 Å². The molecule has 0 saturated carbocycles. The third-order valence-corrected chi connectivity index (χ3v) is 3.42. The highest BCUT2D eigenvalue weighted by atomic mass is 15.2. The fraction of sp³-hybridized carbons (Fsp3) is 0.357. The second-order valence-corrected chi connectivity index (χ2v) is 4.63. The molecule has 1 unspecified atom stereocenters. The molecule has 0 radical (unpaired) electrons. The molecule has 17 heavy (non-hydrogen) atoms. The highest BCUT2D eigenvalue weighted by Crippen LogP contribution is 2.22. The summed E-state index contributed by atoms with van der Waals surface area (Å²) in [6, 6.07) is 11.2. The highest BCUT2D eigenvalue weighted by molar-refractivity contribution is 5.82. The van der Waals surface area contributed by atoms with Gasteiger partial charge < -0.3 is 10.2 Å². The molecule has 0 bridgehead atoms. The van der Waals surface area contributed by atoms with Crippen LogP contribution in [0, 0.1) is 0 Å². The monoisotopic (exact) mass is 227 g/mol. The van der Waals surface area contributed by atoms with Crippen molar-refractivity contribution in [3.05, 3.63) is 36.5 Å². The molecule has 2 heterocycles. The Hall–Kier alpha value is -1.61. The summed E-state index contributed by atoms with van der Waals surface area (Å²) in [5.41, 5.74) is 2.36. The number of piperazine rings is 1. The first-order valence-corrected chi connectivity index (χ1v) is 6.17. The van der Waals surface area contributed by atoms with E-state index in [9.17, 15) is 0 Å². The predicted octanol–water partition coefficient (Wildman–Crippen LogP) is 2.03. The first-order valence-electron chi connectivity index (χ1n) is 6.17. The third kappa shape index (κ3) is 1.98. The highest BCUT2D eigenvalue weighted by Gasteiger charge is 2.18. The van der Waals surface area contributed by atoms with Crippen molar-refractivity contribution in [1.29, 1.82) is 0 Å². The van der Waals surface area contributed by atoms with Crippen LogP contribution in [0.1, 0.15) is 6.92 Å². The van der Waals surface area contributed by atoms with E-state index >= 15 is 0 Å². The van der Waals surface area contributed by atoms with Crippen LogP contribution in [0.15, 0.2) is 36.5 Å². The molecule has 1 saturated heterocycles. The Morgan fingerprint density at radius 2 is 2.29 bits per heavy atom. The largest absolute Gasteiger partial charge is 0.366 e. The van der Waals surface area contributed by atoms with E-state index in [1.165, 1.54) is 11.1 Å². The summed E-state index contributed by atoms with van der Waals surface area (Å²) in [6.07, 6.45) is 1.85. The molecule has 1 aliphatic rings. The summed E-state index contributed by atoms with van der Waals surface area (Å²) in [6.45, 7) is 5.44. The summed E-state index contributed by atoms with van der Waals surface area (Å²) in [7, 11) is 0. The smallest absolute Gasteiger partial charge is 0.0722 e. The van der Waals surface area contributed by atoms with Crippen LogP contribution in [-0.2, 0) is 0 Å². The van der Waals surface area contributed by atoms with Gasteiger partial charge in [0.05, 0.1) is 5.52 Å². The molecular weight excluding hydrogens is 210 g/mol. The Labute approximate surface area is 101 Å². The van der Waals surface area contributed by atoms with Crippen LogP contribution in [0.3, 0.4) is 0 Å². The van der Waals surface area contributed by atoms with Gasteiger partial charge in [-0.25, -0.2) is 0 Å². The van der Waals surface area contributed by atoms with Crippen LogP contribution in [0.4, 0.5) is 5.69 Å². The molecule has 3 nitrogen and oxygen atoms in total. The van der Waals surface area contributed by atoms with Crippen LogP contribution in [0.5, 0.6) is 0 Å². The van der Waals surface area contributed by atoms with Gasteiger partial charge in [0.15, 0.2) is 0 Å². The minimum absolute atomic E-state index is 0.546. The quantitative estimate of drug-likeness (QED) is 0.808. The maximum atomic E-state index is 4.42. The average Bonchev–Trinajstić information content (AvgIpc) is 2.39. The van der Waals surface area contributed by atoms with E-state index in [1.54, 1.807) is 0 Å². The Balaban J connectivity index is 1.99. The van der Waals surface area contributed by atoms with Gasteiger partial charge in [0.2, 0.25) is 0 Å². The van der Waals surface area contributed by atoms with E-state index < -0.39 is 0 Å². The second kappa shape index (κ2) is 4.34. The number of nitrogens with one attached hydrogen (secondary N) is 1. The molecule has 3 heteroatoms. The van der Waals surface area contributed by atoms with Gasteiger partial charge >= 0.3 is 0 Å². The molecule has 1 atom stereocenters. The van der Waals surface area contributed by atoms with Crippen LogP contribution in [-0.4, -0.2) is 30.7 Å². The van der Waals surface area contributed by atoms with E-state index in [1.807, 2.05) is 12.3 Å². The lowest BCUT2D eigenvalue weighted by molar-refractivity contribution is 0.501. The summed E-state index contributed by atoms with van der Waals surface area (Å²) < 4.78 is 0. The molecule has 1 aromatic heterocycles. The molecule has 1 N–H and O–H groups in total. The predicted molar refractivity (Wildman–Crippen MR) is 71.4 cm³/mol. The van der Waals surface area contributed by atoms with Gasteiger partial charge in [0, 0.05) is 42.9 Å². The van der Waals surface area contributed by atoms with E-state index in [4.69, 9.17) is 0 Å². The van der Waals surface area contributed by atoms with Crippen molar-refractivity contribution >= 4 is 16.6 Å². The van der Waals surface area contributed by atoms with E-state index in [2.05, 4.69) is 46.4 Å². The Kier molecular flexibility index (Phi) is 2.69. The minimum atomic E-state index is 0.546. The van der Waals surface area contributed by atoms with Gasteiger partial charge in [-0.2, -0.15) is 0 Å². The molecule has 3 rings (SSSR count). The van der Waals surface area contributed by atoms with Gasteiger partial charge in [-0.15, -0.1) is 0 Å². The summed E-state index contributed by atoms with van der Waals surface area (Å²) >= 11 is 0. The van der Waals surface area contributed by atoms with E-state index in [0.717, 1.165) is 25.2 Å². The fourth-order valence-corrected chi connectivity index (χ4v) is 2.46. The van der Waals surface area contributed by atoms with E-state index in [0.29, 0.717) is 6.04 Å². The number of nitrogens with zero attached hydrogens (tertiary/aromatic N) is 2. The van der Waals surface area contributed by atoms with Gasteiger partial charge in [-0.3, -0.25) is 4.98 Å². The number of anilines is 1. The molecule has 0 spiro atoms. The maximum absolute atomic E-state index is 4.42. The topological polar surface area (TPSA) is 28.2 Å². The van der Waals surface area contributed by atoms with Gasteiger partial charge in [0.25, 0.3) is 0 Å². The number of aromatic nitrogens is 1. The van der Waals surface area contributed by atoms with Gasteiger partial charge in [0.1, 0.15) is 0 Å². The normalized spacial score (nSPS) is 20.8. The lowest BCUT2D eigenvalue weighted by Gasteiger charge is -2.36. The zero-order valence-electron chi connectivity index (χ0n) is 10.1. The first kappa shape index (κ1) is 10.5. The van der Waals surface area contributed by atoms with Crippen molar-refractivity contribution in [1.82, 2.24) is 10.3 Å². The van der Waals surface area contributed by atoms with Crippen molar-refractivity contribution < 1.29 is 0 Å². The molecular formula is C14H17N3. The zero-order chi connectivity index (χ0) is 11.7. The Bertz CT molecular complexity index is 524. The van der Waals surface area contributed by atoms with Gasteiger partial charge in [-0.05, 0) is 25.1 Å². The number of rotatable bonds is 1. The molecule has 88 valence electrons. The number of hydrogen-bond acceptors (Lipinski definition) is 3. The number of hydrogen-bond donors (Lipinski definition) is 1. The summed E-state index contributed by atoms with van der Waals surface area (Å²) in [5, 5.41) is 4.62. The van der Waals surface area contributed by atoms with E-state index in [-0.39, 0.29) is 0 Å². The maximum Gasteiger partial charge on any atom is 0.0722 e. The first-order chi connectivity index (χ1) is 8.34. The van der Waals surface area contributed by atoms with Crippen molar-refractivity contribution in [2.24, 2.45) is 0 Å². The standard InChI is InChI=1S/C14H17N3/c1-11-10-15-7-8-17(11)13-5-4-12-3-2-6-16-14(12)9-13/h2-6,9,11,15H,7-8,10H2,1H3. The third-order valence-electron chi connectivity index (χ3n) is 3.42.